The molecular weight excluding hydrogens is 290 g/mol. The zero-order chi connectivity index (χ0) is 17.3. The highest BCUT2D eigenvalue weighted by Crippen LogP contribution is 2.39. The molecule has 0 bridgehead atoms. The van der Waals surface area contributed by atoms with E-state index in [2.05, 4.69) is 100 Å². The SMILES string of the molecule is Cc1cccc(-c2c(C)cc(C(C)(C)C)cc2N2C=CC=CC2)c1. The van der Waals surface area contributed by atoms with Crippen molar-refractivity contribution in [1.82, 2.24) is 0 Å². The quantitative estimate of drug-likeness (QED) is 0.641. The van der Waals surface area contributed by atoms with E-state index in [-0.39, 0.29) is 5.41 Å². The molecule has 0 atom stereocenters. The average molecular weight is 317 g/mol. The number of hydrogen-bond donors (Lipinski definition) is 0. The van der Waals surface area contributed by atoms with Crippen molar-refractivity contribution in [3.63, 3.8) is 0 Å². The van der Waals surface area contributed by atoms with Gasteiger partial charge in [-0.05, 0) is 48.1 Å². The fourth-order valence-electron chi connectivity index (χ4n) is 3.25. The topological polar surface area (TPSA) is 3.24 Å². The van der Waals surface area contributed by atoms with Crippen LogP contribution in [0.5, 0.6) is 0 Å². The molecule has 0 amide bonds. The standard InChI is InChI=1S/C23H27N/c1-17-10-9-11-19(14-17)22-18(2)15-20(23(3,4)5)16-21(22)24-12-7-6-8-13-24/h6-12,14-16H,13H2,1-5H3. The van der Waals surface area contributed by atoms with Crippen LogP contribution < -0.4 is 4.90 Å². The van der Waals surface area contributed by atoms with Crippen LogP contribution in [0, 0.1) is 13.8 Å². The van der Waals surface area contributed by atoms with Crippen LogP contribution in [0.2, 0.25) is 0 Å². The third-order valence-corrected chi connectivity index (χ3v) is 4.61. The van der Waals surface area contributed by atoms with E-state index in [9.17, 15) is 0 Å². The van der Waals surface area contributed by atoms with Crippen LogP contribution in [0.25, 0.3) is 11.1 Å². The Morgan fingerprint density at radius 1 is 0.958 bits per heavy atom. The lowest BCUT2D eigenvalue weighted by molar-refractivity contribution is 0.590. The molecule has 1 aliphatic heterocycles. The Hall–Kier alpha value is -2.28. The lowest BCUT2D eigenvalue weighted by Gasteiger charge is -2.29. The number of allylic oxidation sites excluding steroid dienone is 2. The van der Waals surface area contributed by atoms with Crippen molar-refractivity contribution in [2.75, 3.05) is 11.4 Å². The van der Waals surface area contributed by atoms with Gasteiger partial charge in [0.2, 0.25) is 0 Å². The molecule has 1 nitrogen and oxygen atoms in total. The van der Waals surface area contributed by atoms with E-state index in [1.807, 2.05) is 0 Å². The summed E-state index contributed by atoms with van der Waals surface area (Å²) in [5.74, 6) is 0. The third-order valence-electron chi connectivity index (χ3n) is 4.61. The van der Waals surface area contributed by atoms with Gasteiger partial charge in [-0.15, -0.1) is 0 Å². The normalized spacial score (nSPS) is 14.3. The molecule has 3 rings (SSSR count). The summed E-state index contributed by atoms with van der Waals surface area (Å²) in [5.41, 5.74) is 8.09. The molecule has 1 aliphatic rings. The predicted molar refractivity (Wildman–Crippen MR) is 106 cm³/mol. The van der Waals surface area contributed by atoms with Gasteiger partial charge in [0.15, 0.2) is 0 Å². The highest BCUT2D eigenvalue weighted by molar-refractivity contribution is 5.83. The molecule has 0 saturated carbocycles. The molecule has 0 radical (unpaired) electrons. The summed E-state index contributed by atoms with van der Waals surface area (Å²) in [6.07, 6.45) is 8.62. The number of hydrogen-bond acceptors (Lipinski definition) is 1. The molecular formula is C23H27N. The summed E-state index contributed by atoms with van der Waals surface area (Å²) in [6.45, 7) is 12.2. The molecule has 1 heterocycles. The first-order chi connectivity index (χ1) is 11.4. The van der Waals surface area contributed by atoms with Crippen molar-refractivity contribution in [1.29, 1.82) is 0 Å². The molecule has 2 aromatic rings. The van der Waals surface area contributed by atoms with Gasteiger partial charge in [0.25, 0.3) is 0 Å². The van der Waals surface area contributed by atoms with Crippen LogP contribution in [0.15, 0.2) is 60.8 Å². The lowest BCUT2D eigenvalue weighted by Crippen LogP contribution is -2.20. The Morgan fingerprint density at radius 2 is 1.75 bits per heavy atom. The Balaban J connectivity index is 2.23. The van der Waals surface area contributed by atoms with Crippen molar-refractivity contribution in [2.45, 2.75) is 40.0 Å². The van der Waals surface area contributed by atoms with E-state index in [0.717, 1.165) is 6.54 Å². The van der Waals surface area contributed by atoms with Gasteiger partial charge in [0.1, 0.15) is 0 Å². The number of anilines is 1. The minimum absolute atomic E-state index is 0.139. The summed E-state index contributed by atoms with van der Waals surface area (Å²) in [4.78, 5) is 2.35. The van der Waals surface area contributed by atoms with Crippen molar-refractivity contribution in [3.8, 4) is 11.1 Å². The van der Waals surface area contributed by atoms with E-state index in [1.165, 1.54) is 33.5 Å². The highest BCUT2D eigenvalue weighted by atomic mass is 15.1. The zero-order valence-corrected chi connectivity index (χ0v) is 15.4. The van der Waals surface area contributed by atoms with Gasteiger partial charge in [-0.3, -0.25) is 0 Å². The van der Waals surface area contributed by atoms with E-state index >= 15 is 0 Å². The minimum atomic E-state index is 0.139. The maximum absolute atomic E-state index is 2.37. The molecule has 0 aromatic heterocycles. The molecule has 0 N–H and O–H groups in total. The minimum Gasteiger partial charge on any atom is -0.344 e. The van der Waals surface area contributed by atoms with Crippen LogP contribution >= 0.6 is 0 Å². The van der Waals surface area contributed by atoms with Crippen LogP contribution in [-0.4, -0.2) is 6.54 Å². The highest BCUT2D eigenvalue weighted by Gasteiger charge is 2.20. The van der Waals surface area contributed by atoms with Crippen LogP contribution in [0.1, 0.15) is 37.5 Å². The summed E-state index contributed by atoms with van der Waals surface area (Å²) in [7, 11) is 0. The average Bonchev–Trinajstić information content (AvgIpc) is 2.54. The van der Waals surface area contributed by atoms with E-state index < -0.39 is 0 Å². The molecule has 0 unspecified atom stereocenters. The Kier molecular flexibility index (Phi) is 4.36. The van der Waals surface area contributed by atoms with Gasteiger partial charge < -0.3 is 4.90 Å². The third kappa shape index (κ3) is 3.31. The van der Waals surface area contributed by atoms with Gasteiger partial charge in [-0.25, -0.2) is 0 Å². The summed E-state index contributed by atoms with van der Waals surface area (Å²) in [5, 5.41) is 0. The first kappa shape index (κ1) is 16.6. The van der Waals surface area contributed by atoms with Crippen molar-refractivity contribution < 1.29 is 0 Å². The Morgan fingerprint density at radius 3 is 2.38 bits per heavy atom. The van der Waals surface area contributed by atoms with Gasteiger partial charge in [0, 0.05) is 24.0 Å². The second-order valence-electron chi connectivity index (χ2n) is 7.73. The molecule has 0 saturated heterocycles. The Labute approximate surface area is 146 Å². The second kappa shape index (κ2) is 6.32. The number of benzene rings is 2. The van der Waals surface area contributed by atoms with Gasteiger partial charge in [-0.1, -0.05) is 68.8 Å². The Bertz CT molecular complexity index is 803. The molecule has 0 spiro atoms. The summed E-state index contributed by atoms with van der Waals surface area (Å²) >= 11 is 0. The second-order valence-corrected chi connectivity index (χ2v) is 7.73. The van der Waals surface area contributed by atoms with E-state index in [4.69, 9.17) is 0 Å². The lowest BCUT2D eigenvalue weighted by atomic mass is 9.83. The maximum Gasteiger partial charge on any atom is 0.0494 e. The van der Waals surface area contributed by atoms with Gasteiger partial charge in [0.05, 0.1) is 0 Å². The molecule has 0 fully saturated rings. The fourth-order valence-corrected chi connectivity index (χ4v) is 3.25. The zero-order valence-electron chi connectivity index (χ0n) is 15.4. The van der Waals surface area contributed by atoms with Crippen molar-refractivity contribution in [3.05, 3.63) is 77.5 Å². The maximum atomic E-state index is 2.37. The van der Waals surface area contributed by atoms with Crippen molar-refractivity contribution >= 4 is 5.69 Å². The van der Waals surface area contributed by atoms with Crippen LogP contribution in [0.4, 0.5) is 5.69 Å². The summed E-state index contributed by atoms with van der Waals surface area (Å²) in [6, 6.07) is 13.5. The summed E-state index contributed by atoms with van der Waals surface area (Å²) < 4.78 is 0. The smallest absolute Gasteiger partial charge is 0.0494 e. The van der Waals surface area contributed by atoms with E-state index in [0.29, 0.717) is 0 Å². The van der Waals surface area contributed by atoms with Crippen LogP contribution in [-0.2, 0) is 5.41 Å². The number of rotatable bonds is 2. The largest absolute Gasteiger partial charge is 0.344 e. The van der Waals surface area contributed by atoms with E-state index in [1.54, 1.807) is 0 Å². The molecule has 24 heavy (non-hydrogen) atoms. The molecule has 0 aliphatic carbocycles. The molecule has 124 valence electrons. The van der Waals surface area contributed by atoms with Gasteiger partial charge >= 0.3 is 0 Å². The van der Waals surface area contributed by atoms with Gasteiger partial charge in [-0.2, -0.15) is 0 Å². The number of nitrogens with zero attached hydrogens (tertiary/aromatic N) is 1. The molecule has 1 heteroatoms. The first-order valence-electron chi connectivity index (χ1n) is 8.68. The van der Waals surface area contributed by atoms with Crippen molar-refractivity contribution in [2.24, 2.45) is 0 Å². The monoisotopic (exact) mass is 317 g/mol. The van der Waals surface area contributed by atoms with Crippen LogP contribution in [0.3, 0.4) is 0 Å². The predicted octanol–water partition coefficient (Wildman–Crippen LogP) is 6.16. The number of aryl methyl sites for hydroxylation is 2. The fraction of sp³-hybridized carbons (Fsp3) is 0.304. The first-order valence-corrected chi connectivity index (χ1v) is 8.68. The molecule has 2 aromatic carbocycles.